The van der Waals surface area contributed by atoms with Gasteiger partial charge in [-0.15, -0.1) is 0 Å². The fourth-order valence-corrected chi connectivity index (χ4v) is 2.53. The molecule has 0 spiro atoms. The Kier molecular flexibility index (Phi) is 11.5. The molecule has 1 atom stereocenters. The summed E-state index contributed by atoms with van der Waals surface area (Å²) in [5, 5.41) is 0. The number of methoxy groups -OCH3 is 1. The highest BCUT2D eigenvalue weighted by Crippen LogP contribution is 2.23. The first kappa shape index (κ1) is 18.8. The Morgan fingerprint density at radius 2 is 1.37 bits per heavy atom. The van der Waals surface area contributed by atoms with Gasteiger partial charge in [0.15, 0.2) is 0 Å². The smallest absolute Gasteiger partial charge is 0.321 e. The summed E-state index contributed by atoms with van der Waals surface area (Å²) in [6.07, 6.45) is 13.9. The lowest BCUT2D eigenvalue weighted by Gasteiger charge is -2.19. The molecule has 0 aromatic heterocycles. The average Bonchev–Trinajstić information content (AvgIpc) is 2.39. The minimum Gasteiger partial charge on any atom is -0.468 e. The maximum Gasteiger partial charge on any atom is 0.321 e. The molecule has 0 aliphatic rings. The Morgan fingerprint density at radius 3 is 1.79 bits per heavy atom. The molecule has 19 heavy (non-hydrogen) atoms. The molecule has 0 aromatic carbocycles. The van der Waals surface area contributed by atoms with E-state index in [4.69, 9.17) is 4.74 Å². The van der Waals surface area contributed by atoms with E-state index in [2.05, 4.69) is 19.6 Å². The predicted octanol–water partition coefficient (Wildman–Crippen LogP) is 5.16. The predicted molar refractivity (Wildman–Crippen MR) is 85.9 cm³/mol. The van der Waals surface area contributed by atoms with Crippen molar-refractivity contribution < 1.29 is 9.53 Å². The molecule has 1 unspecified atom stereocenters. The van der Waals surface area contributed by atoms with Crippen molar-refractivity contribution in [2.45, 2.75) is 89.2 Å². The Bertz CT molecular complexity index is 227. The molecule has 0 N–H and O–H groups in total. The van der Waals surface area contributed by atoms with E-state index < -0.39 is 4.75 Å². The van der Waals surface area contributed by atoms with Crippen molar-refractivity contribution >= 4 is 18.6 Å². The summed E-state index contributed by atoms with van der Waals surface area (Å²) < 4.78 is 4.13. The molecule has 2 nitrogen and oxygen atoms in total. The van der Waals surface area contributed by atoms with Gasteiger partial charge < -0.3 is 4.74 Å². The van der Waals surface area contributed by atoms with Crippen molar-refractivity contribution in [1.82, 2.24) is 0 Å². The third-order valence-corrected chi connectivity index (χ3v) is 4.05. The van der Waals surface area contributed by atoms with Gasteiger partial charge in [0, 0.05) is 0 Å². The number of hydrogen-bond donors (Lipinski definition) is 1. The quantitative estimate of drug-likeness (QED) is 0.305. The summed E-state index contributed by atoms with van der Waals surface area (Å²) in [5.74, 6) is -0.216. The molecule has 3 heteroatoms. The molecule has 0 fully saturated rings. The highest BCUT2D eigenvalue weighted by atomic mass is 32.1. The second-order valence-corrected chi connectivity index (χ2v) is 6.68. The Hall–Kier alpha value is -0.180. The summed E-state index contributed by atoms with van der Waals surface area (Å²) >= 11 is 4.38. The average molecular weight is 288 g/mol. The van der Waals surface area contributed by atoms with Gasteiger partial charge in [-0.1, -0.05) is 71.1 Å². The van der Waals surface area contributed by atoms with Crippen LogP contribution in [0, 0.1) is 0 Å². The molecular weight excluding hydrogens is 256 g/mol. The van der Waals surface area contributed by atoms with Crippen LogP contribution < -0.4 is 0 Å². The van der Waals surface area contributed by atoms with Gasteiger partial charge in [-0.25, -0.2) is 0 Å². The number of thiol groups is 1. The summed E-state index contributed by atoms with van der Waals surface area (Å²) in [4.78, 5) is 11.4. The maximum absolute atomic E-state index is 11.4. The van der Waals surface area contributed by atoms with Crippen LogP contribution in [0.1, 0.15) is 84.5 Å². The Morgan fingerprint density at radius 1 is 0.947 bits per heavy atom. The molecule has 0 bridgehead atoms. The van der Waals surface area contributed by atoms with E-state index in [0.717, 1.165) is 12.8 Å². The second-order valence-electron chi connectivity index (χ2n) is 5.70. The third kappa shape index (κ3) is 10.3. The fourth-order valence-electron chi connectivity index (χ4n) is 2.28. The van der Waals surface area contributed by atoms with E-state index >= 15 is 0 Å². The number of unbranched alkanes of at least 4 members (excludes halogenated alkanes) is 9. The monoisotopic (exact) mass is 288 g/mol. The van der Waals surface area contributed by atoms with Crippen LogP contribution in [0.2, 0.25) is 0 Å². The first-order valence-corrected chi connectivity index (χ1v) is 8.30. The zero-order valence-electron chi connectivity index (χ0n) is 13.0. The van der Waals surface area contributed by atoms with Crippen molar-refractivity contribution in [2.24, 2.45) is 0 Å². The maximum atomic E-state index is 11.4. The summed E-state index contributed by atoms with van der Waals surface area (Å²) in [5.41, 5.74) is 0. The molecule has 0 amide bonds. The molecule has 0 aromatic rings. The second kappa shape index (κ2) is 11.6. The van der Waals surface area contributed by atoms with Gasteiger partial charge in [-0.2, -0.15) is 12.6 Å². The lowest BCUT2D eigenvalue weighted by molar-refractivity contribution is -0.143. The number of ether oxygens (including phenoxy) is 1. The van der Waals surface area contributed by atoms with Crippen LogP contribution in [0.15, 0.2) is 0 Å². The SMILES string of the molecule is CCCCCCCCCCCCC(C)(S)C(=O)OC. The topological polar surface area (TPSA) is 26.3 Å². The largest absolute Gasteiger partial charge is 0.468 e. The molecule has 0 rings (SSSR count). The molecular formula is C16H32O2S. The van der Waals surface area contributed by atoms with Crippen LogP contribution in [0.25, 0.3) is 0 Å². The molecule has 0 radical (unpaired) electrons. The normalized spacial score (nSPS) is 14.1. The Labute approximate surface area is 125 Å². The van der Waals surface area contributed by atoms with Crippen molar-refractivity contribution in [3.63, 3.8) is 0 Å². The minimum absolute atomic E-state index is 0.216. The summed E-state index contributed by atoms with van der Waals surface area (Å²) in [6.45, 7) is 4.10. The highest BCUT2D eigenvalue weighted by Gasteiger charge is 2.28. The molecule has 114 valence electrons. The number of carbonyl (C=O) groups excluding carboxylic acids is 1. The lowest BCUT2D eigenvalue weighted by Crippen LogP contribution is -2.30. The van der Waals surface area contributed by atoms with Gasteiger partial charge in [0.05, 0.1) is 7.11 Å². The molecule has 0 aliphatic heterocycles. The van der Waals surface area contributed by atoms with Crippen molar-refractivity contribution in [3.8, 4) is 0 Å². The Balaban J connectivity index is 3.33. The lowest BCUT2D eigenvalue weighted by atomic mass is 10.0. The standard InChI is InChI=1S/C16H32O2S/c1-4-5-6-7-8-9-10-11-12-13-14-16(2,19)15(17)18-3/h19H,4-14H2,1-3H3. The van der Waals surface area contributed by atoms with Crippen LogP contribution in [-0.4, -0.2) is 17.8 Å². The summed E-state index contributed by atoms with van der Waals surface area (Å²) in [7, 11) is 1.43. The number of hydrogen-bond acceptors (Lipinski definition) is 3. The zero-order chi connectivity index (χ0) is 14.6. The zero-order valence-corrected chi connectivity index (χ0v) is 13.9. The van der Waals surface area contributed by atoms with E-state index in [1.807, 2.05) is 6.92 Å². The van der Waals surface area contributed by atoms with Gasteiger partial charge in [0.25, 0.3) is 0 Å². The van der Waals surface area contributed by atoms with Crippen LogP contribution in [0.4, 0.5) is 0 Å². The van der Waals surface area contributed by atoms with Crippen LogP contribution in [-0.2, 0) is 9.53 Å². The van der Waals surface area contributed by atoms with Crippen LogP contribution in [0.5, 0.6) is 0 Å². The minimum atomic E-state index is -0.616. The first-order chi connectivity index (χ1) is 9.04. The highest BCUT2D eigenvalue weighted by molar-refractivity contribution is 7.82. The molecule has 0 heterocycles. The van der Waals surface area contributed by atoms with Gasteiger partial charge in [-0.05, 0) is 13.3 Å². The van der Waals surface area contributed by atoms with Gasteiger partial charge in [0.2, 0.25) is 0 Å². The van der Waals surface area contributed by atoms with Crippen molar-refractivity contribution in [3.05, 3.63) is 0 Å². The first-order valence-electron chi connectivity index (χ1n) is 7.85. The van der Waals surface area contributed by atoms with Crippen LogP contribution in [0.3, 0.4) is 0 Å². The van der Waals surface area contributed by atoms with Crippen LogP contribution >= 0.6 is 12.6 Å². The molecule has 0 aliphatic carbocycles. The van der Waals surface area contributed by atoms with Gasteiger partial charge in [0.1, 0.15) is 4.75 Å². The van der Waals surface area contributed by atoms with Gasteiger partial charge >= 0.3 is 5.97 Å². The summed E-state index contributed by atoms with van der Waals surface area (Å²) in [6, 6.07) is 0. The number of carbonyl (C=O) groups is 1. The number of esters is 1. The van der Waals surface area contributed by atoms with E-state index in [0.29, 0.717) is 0 Å². The van der Waals surface area contributed by atoms with E-state index in [9.17, 15) is 4.79 Å². The van der Waals surface area contributed by atoms with Crippen molar-refractivity contribution in [1.29, 1.82) is 0 Å². The third-order valence-electron chi connectivity index (χ3n) is 3.64. The van der Waals surface area contributed by atoms with Crippen molar-refractivity contribution in [2.75, 3.05) is 7.11 Å². The van der Waals surface area contributed by atoms with E-state index in [1.165, 1.54) is 64.9 Å². The molecule has 0 saturated heterocycles. The fraction of sp³-hybridized carbons (Fsp3) is 0.938. The van der Waals surface area contributed by atoms with E-state index in [-0.39, 0.29) is 5.97 Å². The number of rotatable bonds is 12. The van der Waals surface area contributed by atoms with Gasteiger partial charge in [-0.3, -0.25) is 4.79 Å². The van der Waals surface area contributed by atoms with E-state index in [1.54, 1.807) is 0 Å². The molecule has 0 saturated carbocycles.